The first kappa shape index (κ1) is 13.3. The molecule has 1 saturated heterocycles. The standard InChI is InChI=1S/C12H15N3O4/c1-8-10(3-2-4-11(8)15(17)18)14-12(16)13-9-5-6-19-7-9/h2-4,9H,5-7H2,1H3,(H2,13,14,16). The van der Waals surface area contributed by atoms with Gasteiger partial charge in [-0.1, -0.05) is 6.07 Å². The van der Waals surface area contributed by atoms with Crippen molar-refractivity contribution in [3.63, 3.8) is 0 Å². The molecule has 1 heterocycles. The summed E-state index contributed by atoms with van der Waals surface area (Å²) >= 11 is 0. The molecule has 0 spiro atoms. The maximum atomic E-state index is 11.8. The molecule has 0 aromatic heterocycles. The Hall–Kier alpha value is -2.15. The highest BCUT2D eigenvalue weighted by molar-refractivity contribution is 5.90. The van der Waals surface area contributed by atoms with E-state index >= 15 is 0 Å². The molecule has 1 unspecified atom stereocenters. The van der Waals surface area contributed by atoms with Gasteiger partial charge in [0, 0.05) is 12.7 Å². The number of urea groups is 1. The molecule has 1 aliphatic heterocycles. The van der Waals surface area contributed by atoms with E-state index in [0.717, 1.165) is 6.42 Å². The molecule has 0 bridgehead atoms. The van der Waals surface area contributed by atoms with Crippen LogP contribution < -0.4 is 10.6 Å². The Labute approximate surface area is 110 Å². The Morgan fingerprint density at radius 3 is 2.95 bits per heavy atom. The van der Waals surface area contributed by atoms with Crippen molar-refractivity contribution in [2.75, 3.05) is 18.5 Å². The minimum absolute atomic E-state index is 0.000922. The molecule has 1 aromatic rings. The zero-order valence-electron chi connectivity index (χ0n) is 10.5. The van der Waals surface area contributed by atoms with Crippen molar-refractivity contribution in [3.05, 3.63) is 33.9 Å². The summed E-state index contributed by atoms with van der Waals surface area (Å²) in [6.45, 7) is 2.74. The first-order chi connectivity index (χ1) is 9.08. The van der Waals surface area contributed by atoms with E-state index in [1.165, 1.54) is 6.07 Å². The SMILES string of the molecule is Cc1c(NC(=O)NC2CCOC2)cccc1[N+](=O)[O-]. The Morgan fingerprint density at radius 2 is 2.32 bits per heavy atom. The van der Waals surface area contributed by atoms with Gasteiger partial charge in [0.25, 0.3) is 5.69 Å². The van der Waals surface area contributed by atoms with Gasteiger partial charge in [0.2, 0.25) is 0 Å². The van der Waals surface area contributed by atoms with Crippen molar-refractivity contribution in [2.45, 2.75) is 19.4 Å². The number of nitrogens with zero attached hydrogens (tertiary/aromatic N) is 1. The molecular weight excluding hydrogens is 250 g/mol. The summed E-state index contributed by atoms with van der Waals surface area (Å²) in [6.07, 6.45) is 0.779. The van der Waals surface area contributed by atoms with Gasteiger partial charge in [-0.3, -0.25) is 10.1 Å². The molecule has 1 aliphatic rings. The van der Waals surface area contributed by atoms with Crippen LogP contribution in [0.1, 0.15) is 12.0 Å². The number of hydrogen-bond donors (Lipinski definition) is 2. The van der Waals surface area contributed by atoms with Crippen LogP contribution in [0.25, 0.3) is 0 Å². The molecule has 2 N–H and O–H groups in total. The highest BCUT2D eigenvalue weighted by atomic mass is 16.6. The van der Waals surface area contributed by atoms with Crippen molar-refractivity contribution >= 4 is 17.4 Å². The summed E-state index contributed by atoms with van der Waals surface area (Å²) in [5, 5.41) is 16.2. The van der Waals surface area contributed by atoms with Crippen molar-refractivity contribution in [3.8, 4) is 0 Å². The highest BCUT2D eigenvalue weighted by Gasteiger charge is 2.19. The number of ether oxygens (including phenoxy) is 1. The summed E-state index contributed by atoms with van der Waals surface area (Å²) < 4.78 is 5.15. The molecule has 0 saturated carbocycles. The molecule has 1 fully saturated rings. The molecule has 2 amide bonds. The molecule has 2 rings (SSSR count). The summed E-state index contributed by atoms with van der Waals surface area (Å²) in [7, 11) is 0. The van der Waals surface area contributed by atoms with Crippen LogP contribution in [0.2, 0.25) is 0 Å². The molecule has 7 nitrogen and oxygen atoms in total. The quantitative estimate of drug-likeness (QED) is 0.643. The average molecular weight is 265 g/mol. The number of hydrogen-bond acceptors (Lipinski definition) is 4. The van der Waals surface area contributed by atoms with Gasteiger partial charge in [0.05, 0.1) is 28.8 Å². The molecule has 1 aromatic carbocycles. The number of carbonyl (C=O) groups excluding carboxylic acids is 1. The van der Waals surface area contributed by atoms with Crippen LogP contribution in [0.5, 0.6) is 0 Å². The Kier molecular flexibility index (Phi) is 3.96. The molecule has 0 radical (unpaired) electrons. The number of rotatable bonds is 3. The lowest BCUT2D eigenvalue weighted by molar-refractivity contribution is -0.385. The number of benzene rings is 1. The van der Waals surface area contributed by atoms with Gasteiger partial charge < -0.3 is 15.4 Å². The monoisotopic (exact) mass is 265 g/mol. The predicted molar refractivity (Wildman–Crippen MR) is 69.2 cm³/mol. The molecule has 0 aliphatic carbocycles. The first-order valence-electron chi connectivity index (χ1n) is 5.97. The number of carbonyl (C=O) groups is 1. The first-order valence-corrected chi connectivity index (χ1v) is 5.97. The van der Waals surface area contributed by atoms with E-state index in [1.54, 1.807) is 19.1 Å². The fourth-order valence-electron chi connectivity index (χ4n) is 1.95. The predicted octanol–water partition coefficient (Wildman–Crippen LogP) is 1.81. The van der Waals surface area contributed by atoms with E-state index in [0.29, 0.717) is 24.5 Å². The third kappa shape index (κ3) is 3.19. The molecule has 1 atom stereocenters. The second-order valence-corrected chi connectivity index (χ2v) is 4.37. The minimum atomic E-state index is -0.469. The molecule has 102 valence electrons. The van der Waals surface area contributed by atoms with Gasteiger partial charge in [0.15, 0.2) is 0 Å². The van der Waals surface area contributed by atoms with Gasteiger partial charge in [-0.25, -0.2) is 4.79 Å². The Bertz CT molecular complexity index is 498. The number of nitro benzene ring substituents is 1. The van der Waals surface area contributed by atoms with E-state index in [-0.39, 0.29) is 17.8 Å². The van der Waals surface area contributed by atoms with E-state index < -0.39 is 4.92 Å². The van der Waals surface area contributed by atoms with E-state index in [4.69, 9.17) is 4.74 Å². The Morgan fingerprint density at radius 1 is 1.53 bits per heavy atom. The summed E-state index contributed by atoms with van der Waals surface area (Å²) in [5.74, 6) is 0. The van der Waals surface area contributed by atoms with Crippen LogP contribution in [0.15, 0.2) is 18.2 Å². The number of amides is 2. The smallest absolute Gasteiger partial charge is 0.319 e. The number of nitro groups is 1. The van der Waals surface area contributed by atoms with Crippen LogP contribution in [0.4, 0.5) is 16.2 Å². The number of nitrogens with one attached hydrogen (secondary N) is 2. The van der Waals surface area contributed by atoms with Gasteiger partial charge in [-0.15, -0.1) is 0 Å². The van der Waals surface area contributed by atoms with Crippen LogP contribution in [-0.2, 0) is 4.74 Å². The number of anilines is 1. The van der Waals surface area contributed by atoms with Gasteiger partial charge >= 0.3 is 6.03 Å². The van der Waals surface area contributed by atoms with E-state index in [2.05, 4.69) is 10.6 Å². The fraction of sp³-hybridized carbons (Fsp3) is 0.417. The van der Waals surface area contributed by atoms with Crippen LogP contribution >= 0.6 is 0 Å². The van der Waals surface area contributed by atoms with Crippen molar-refractivity contribution in [1.29, 1.82) is 0 Å². The summed E-state index contributed by atoms with van der Waals surface area (Å²) in [4.78, 5) is 22.1. The zero-order valence-corrected chi connectivity index (χ0v) is 10.5. The summed E-state index contributed by atoms with van der Waals surface area (Å²) in [6, 6.07) is 4.20. The normalized spacial score (nSPS) is 18.1. The minimum Gasteiger partial charge on any atom is -0.379 e. The zero-order chi connectivity index (χ0) is 13.8. The lowest BCUT2D eigenvalue weighted by atomic mass is 10.1. The summed E-state index contributed by atoms with van der Waals surface area (Å²) in [5.41, 5.74) is 0.859. The lowest BCUT2D eigenvalue weighted by Gasteiger charge is -2.13. The fourth-order valence-corrected chi connectivity index (χ4v) is 1.95. The van der Waals surface area contributed by atoms with E-state index in [1.807, 2.05) is 0 Å². The molecule has 19 heavy (non-hydrogen) atoms. The van der Waals surface area contributed by atoms with Crippen LogP contribution in [-0.4, -0.2) is 30.2 Å². The molecule has 7 heteroatoms. The second kappa shape index (κ2) is 5.66. The van der Waals surface area contributed by atoms with Crippen LogP contribution in [0.3, 0.4) is 0 Å². The Balaban J connectivity index is 2.04. The van der Waals surface area contributed by atoms with Gasteiger partial charge in [-0.05, 0) is 19.4 Å². The third-order valence-electron chi connectivity index (χ3n) is 3.02. The lowest BCUT2D eigenvalue weighted by Crippen LogP contribution is -2.38. The maximum absolute atomic E-state index is 11.8. The maximum Gasteiger partial charge on any atom is 0.319 e. The van der Waals surface area contributed by atoms with Crippen molar-refractivity contribution in [1.82, 2.24) is 5.32 Å². The average Bonchev–Trinajstić information content (AvgIpc) is 2.84. The third-order valence-corrected chi connectivity index (χ3v) is 3.02. The largest absolute Gasteiger partial charge is 0.379 e. The second-order valence-electron chi connectivity index (χ2n) is 4.37. The highest BCUT2D eigenvalue weighted by Crippen LogP contribution is 2.24. The topological polar surface area (TPSA) is 93.5 Å². The van der Waals surface area contributed by atoms with E-state index in [9.17, 15) is 14.9 Å². The van der Waals surface area contributed by atoms with Crippen LogP contribution in [0, 0.1) is 17.0 Å². The van der Waals surface area contributed by atoms with Crippen molar-refractivity contribution in [2.24, 2.45) is 0 Å². The van der Waals surface area contributed by atoms with Gasteiger partial charge in [-0.2, -0.15) is 0 Å². The molecular formula is C12H15N3O4. The van der Waals surface area contributed by atoms with Gasteiger partial charge in [0.1, 0.15) is 0 Å². The van der Waals surface area contributed by atoms with Crippen molar-refractivity contribution < 1.29 is 14.5 Å².